The highest BCUT2D eigenvalue weighted by Gasteiger charge is 2.14. The van der Waals surface area contributed by atoms with Crippen molar-refractivity contribution in [3.63, 3.8) is 0 Å². The third kappa shape index (κ3) is 3.09. The van der Waals surface area contributed by atoms with Gasteiger partial charge in [0.05, 0.1) is 6.54 Å². The van der Waals surface area contributed by atoms with Crippen molar-refractivity contribution in [2.45, 2.75) is 12.3 Å². The standard InChI is InChI=1S/C15H15ClFN/c16-13-5-1-11(2-6-13)15(9-10-18)12-3-7-14(17)8-4-12/h1-8,15H,9-10,18H2/p+1/t15-/m0/s1. The summed E-state index contributed by atoms with van der Waals surface area (Å²) in [5.74, 6) is 0.0450. The van der Waals surface area contributed by atoms with Crippen molar-refractivity contribution in [1.82, 2.24) is 0 Å². The normalized spacial score (nSPS) is 12.4. The van der Waals surface area contributed by atoms with Crippen molar-refractivity contribution in [1.29, 1.82) is 0 Å². The molecule has 0 saturated heterocycles. The lowest BCUT2D eigenvalue weighted by atomic mass is 9.88. The van der Waals surface area contributed by atoms with Gasteiger partial charge >= 0.3 is 0 Å². The van der Waals surface area contributed by atoms with Gasteiger partial charge in [-0.1, -0.05) is 35.9 Å². The Morgan fingerprint density at radius 3 is 1.94 bits per heavy atom. The Morgan fingerprint density at radius 2 is 1.44 bits per heavy atom. The lowest BCUT2D eigenvalue weighted by Gasteiger charge is -2.16. The van der Waals surface area contributed by atoms with Crippen LogP contribution in [0.15, 0.2) is 48.5 Å². The van der Waals surface area contributed by atoms with E-state index in [1.165, 1.54) is 17.7 Å². The van der Waals surface area contributed by atoms with Crippen molar-refractivity contribution in [3.8, 4) is 0 Å². The van der Waals surface area contributed by atoms with Crippen LogP contribution in [0.5, 0.6) is 0 Å². The highest BCUT2D eigenvalue weighted by molar-refractivity contribution is 6.30. The summed E-state index contributed by atoms with van der Waals surface area (Å²) in [5, 5.41) is 0.728. The SMILES string of the molecule is [NH3+]CC[C@H](c1ccc(F)cc1)c1ccc(Cl)cc1. The average Bonchev–Trinajstić information content (AvgIpc) is 2.39. The summed E-state index contributed by atoms with van der Waals surface area (Å²) < 4.78 is 13.0. The maximum atomic E-state index is 13.0. The lowest BCUT2D eigenvalue weighted by Crippen LogP contribution is -2.50. The fourth-order valence-corrected chi connectivity index (χ4v) is 2.25. The molecular formula is C15H16ClFN+. The number of quaternary nitrogens is 1. The van der Waals surface area contributed by atoms with E-state index >= 15 is 0 Å². The summed E-state index contributed by atoms with van der Waals surface area (Å²) >= 11 is 5.90. The molecule has 2 aromatic rings. The van der Waals surface area contributed by atoms with Crippen LogP contribution >= 0.6 is 11.6 Å². The Balaban J connectivity index is 2.33. The number of hydrogen-bond donors (Lipinski definition) is 1. The number of hydrogen-bond acceptors (Lipinski definition) is 0. The van der Waals surface area contributed by atoms with Gasteiger partial charge in [0.1, 0.15) is 5.82 Å². The minimum Gasteiger partial charge on any atom is -0.358 e. The number of benzene rings is 2. The molecule has 0 heterocycles. The molecule has 0 amide bonds. The van der Waals surface area contributed by atoms with Crippen molar-refractivity contribution in [2.24, 2.45) is 0 Å². The molecule has 1 atom stereocenters. The van der Waals surface area contributed by atoms with E-state index < -0.39 is 0 Å². The van der Waals surface area contributed by atoms with E-state index in [1.807, 2.05) is 36.4 Å². The molecule has 0 saturated carbocycles. The predicted molar refractivity (Wildman–Crippen MR) is 72.1 cm³/mol. The van der Waals surface area contributed by atoms with Gasteiger partial charge in [0, 0.05) is 17.4 Å². The van der Waals surface area contributed by atoms with Crippen LogP contribution in [-0.4, -0.2) is 6.54 Å². The zero-order valence-corrected chi connectivity index (χ0v) is 10.8. The van der Waals surface area contributed by atoms with Gasteiger partial charge in [0.25, 0.3) is 0 Å². The maximum Gasteiger partial charge on any atom is 0.123 e. The van der Waals surface area contributed by atoms with Gasteiger partial charge in [-0.25, -0.2) is 4.39 Å². The van der Waals surface area contributed by atoms with Crippen molar-refractivity contribution >= 4 is 11.6 Å². The monoisotopic (exact) mass is 264 g/mol. The van der Waals surface area contributed by atoms with Gasteiger partial charge in [-0.2, -0.15) is 0 Å². The Kier molecular flexibility index (Phi) is 4.34. The predicted octanol–water partition coefficient (Wildman–Crippen LogP) is 3.24. The summed E-state index contributed by atoms with van der Waals surface area (Å²) in [6.07, 6.45) is 0.938. The third-order valence-electron chi connectivity index (χ3n) is 3.04. The van der Waals surface area contributed by atoms with E-state index in [2.05, 4.69) is 5.73 Å². The van der Waals surface area contributed by atoms with Crippen LogP contribution in [0.4, 0.5) is 4.39 Å². The lowest BCUT2D eigenvalue weighted by molar-refractivity contribution is -0.368. The topological polar surface area (TPSA) is 27.6 Å². The van der Waals surface area contributed by atoms with Crippen LogP contribution in [0.1, 0.15) is 23.5 Å². The maximum absolute atomic E-state index is 13.0. The molecule has 0 aliphatic heterocycles. The number of halogens is 2. The molecule has 0 spiro atoms. The van der Waals surface area contributed by atoms with Crippen molar-refractivity contribution < 1.29 is 10.1 Å². The minimum atomic E-state index is -0.205. The second-order valence-electron chi connectivity index (χ2n) is 4.30. The largest absolute Gasteiger partial charge is 0.358 e. The smallest absolute Gasteiger partial charge is 0.123 e. The van der Waals surface area contributed by atoms with Gasteiger partial charge in [0.2, 0.25) is 0 Å². The van der Waals surface area contributed by atoms with E-state index in [4.69, 9.17) is 11.6 Å². The molecule has 3 heteroatoms. The van der Waals surface area contributed by atoms with E-state index in [1.54, 1.807) is 0 Å². The van der Waals surface area contributed by atoms with Crippen molar-refractivity contribution in [2.75, 3.05) is 6.54 Å². The number of rotatable bonds is 4. The Labute approximate surface area is 111 Å². The first-order valence-electron chi connectivity index (χ1n) is 6.01. The van der Waals surface area contributed by atoms with Crippen molar-refractivity contribution in [3.05, 3.63) is 70.5 Å². The molecule has 2 aromatic carbocycles. The van der Waals surface area contributed by atoms with Crippen LogP contribution < -0.4 is 5.73 Å². The third-order valence-corrected chi connectivity index (χ3v) is 3.29. The summed E-state index contributed by atoms with van der Waals surface area (Å²) in [7, 11) is 0. The fraction of sp³-hybridized carbons (Fsp3) is 0.200. The van der Waals surface area contributed by atoms with Gasteiger partial charge < -0.3 is 5.73 Å². The molecule has 0 aliphatic rings. The van der Waals surface area contributed by atoms with E-state index in [9.17, 15) is 4.39 Å². The molecule has 18 heavy (non-hydrogen) atoms. The van der Waals surface area contributed by atoms with E-state index in [-0.39, 0.29) is 11.7 Å². The van der Waals surface area contributed by atoms with E-state index in [0.717, 1.165) is 23.6 Å². The summed E-state index contributed by atoms with van der Waals surface area (Å²) in [4.78, 5) is 0. The van der Waals surface area contributed by atoms with Crippen LogP contribution in [0.3, 0.4) is 0 Å². The second kappa shape index (κ2) is 5.98. The summed E-state index contributed by atoms with van der Waals surface area (Å²) in [6.45, 7) is 0.838. The fourth-order valence-electron chi connectivity index (χ4n) is 2.12. The highest BCUT2D eigenvalue weighted by atomic mass is 35.5. The highest BCUT2D eigenvalue weighted by Crippen LogP contribution is 2.28. The summed E-state index contributed by atoms with van der Waals surface area (Å²) in [5.41, 5.74) is 6.21. The second-order valence-corrected chi connectivity index (χ2v) is 4.73. The Morgan fingerprint density at radius 1 is 0.944 bits per heavy atom. The minimum absolute atomic E-state index is 0.205. The molecular weight excluding hydrogens is 249 g/mol. The van der Waals surface area contributed by atoms with Gasteiger partial charge in [-0.05, 0) is 35.4 Å². The quantitative estimate of drug-likeness (QED) is 0.878. The molecule has 0 aromatic heterocycles. The Hall–Kier alpha value is -1.38. The molecule has 0 fully saturated rings. The zero-order chi connectivity index (χ0) is 13.0. The van der Waals surface area contributed by atoms with E-state index in [0.29, 0.717) is 0 Å². The van der Waals surface area contributed by atoms with Crippen LogP contribution in [-0.2, 0) is 0 Å². The molecule has 0 aliphatic carbocycles. The first kappa shape index (κ1) is 13.1. The van der Waals surface area contributed by atoms with Gasteiger partial charge in [-0.15, -0.1) is 0 Å². The molecule has 0 radical (unpaired) electrons. The molecule has 3 N–H and O–H groups in total. The molecule has 94 valence electrons. The van der Waals surface area contributed by atoms with Crippen LogP contribution in [0.2, 0.25) is 5.02 Å². The molecule has 0 bridgehead atoms. The Bertz CT molecular complexity index is 447. The van der Waals surface area contributed by atoms with Gasteiger partial charge in [0.15, 0.2) is 0 Å². The zero-order valence-electron chi connectivity index (χ0n) is 10.1. The first-order chi connectivity index (χ1) is 8.70. The molecule has 2 rings (SSSR count). The molecule has 1 nitrogen and oxygen atoms in total. The average molecular weight is 265 g/mol. The van der Waals surface area contributed by atoms with Crippen LogP contribution in [0, 0.1) is 5.82 Å². The first-order valence-corrected chi connectivity index (χ1v) is 6.38. The van der Waals surface area contributed by atoms with Crippen LogP contribution in [0.25, 0.3) is 0 Å². The summed E-state index contributed by atoms with van der Waals surface area (Å²) in [6, 6.07) is 14.5. The van der Waals surface area contributed by atoms with Gasteiger partial charge in [-0.3, -0.25) is 0 Å². The molecule has 0 unspecified atom stereocenters.